The van der Waals surface area contributed by atoms with Crippen molar-refractivity contribution in [2.45, 2.75) is 13.0 Å². The van der Waals surface area contributed by atoms with Crippen molar-refractivity contribution in [3.05, 3.63) is 34.9 Å². The number of aliphatic hydroxyl groups is 1. The van der Waals surface area contributed by atoms with Gasteiger partial charge < -0.3 is 5.11 Å². The van der Waals surface area contributed by atoms with E-state index in [2.05, 4.69) is 0 Å². The van der Waals surface area contributed by atoms with E-state index in [0.29, 0.717) is 10.6 Å². The monoisotopic (exact) mass is 246 g/mol. The number of benzene rings is 1. The zero-order valence-corrected chi connectivity index (χ0v) is 9.79. The fraction of sp³-hybridized carbons (Fsp3) is 0.364. The first-order valence-electron chi connectivity index (χ1n) is 4.56. The van der Waals surface area contributed by atoms with Crippen molar-refractivity contribution in [2.75, 3.05) is 5.88 Å². The quantitative estimate of drug-likeness (QED) is 0.830. The van der Waals surface area contributed by atoms with Crippen LogP contribution in [0.25, 0.3) is 0 Å². The van der Waals surface area contributed by atoms with Crippen LogP contribution in [0.3, 0.4) is 0 Å². The summed E-state index contributed by atoms with van der Waals surface area (Å²) in [6.07, 6.45) is -0.864. The average Bonchev–Trinajstić information content (AvgIpc) is 2.19. The average molecular weight is 247 g/mol. The molecule has 82 valence electrons. The van der Waals surface area contributed by atoms with Gasteiger partial charge in [0.2, 0.25) is 0 Å². The largest absolute Gasteiger partial charge is 0.388 e. The second kappa shape index (κ2) is 5.50. The minimum atomic E-state index is -0.864. The number of alkyl halides is 1. The van der Waals surface area contributed by atoms with Crippen LogP contribution in [-0.2, 0) is 4.79 Å². The van der Waals surface area contributed by atoms with Crippen LogP contribution in [-0.4, -0.2) is 16.8 Å². The summed E-state index contributed by atoms with van der Waals surface area (Å²) < 4.78 is 0. The molecule has 0 amide bonds. The maximum Gasteiger partial charge on any atom is 0.137 e. The van der Waals surface area contributed by atoms with E-state index in [1.807, 2.05) is 0 Å². The first-order valence-corrected chi connectivity index (χ1v) is 5.47. The van der Waals surface area contributed by atoms with Crippen LogP contribution in [0.5, 0.6) is 0 Å². The molecule has 0 fully saturated rings. The van der Waals surface area contributed by atoms with Gasteiger partial charge in [0.15, 0.2) is 0 Å². The molecule has 2 nitrogen and oxygen atoms in total. The number of carbonyl (C=O) groups excluding carboxylic acids is 1. The lowest BCUT2D eigenvalue weighted by atomic mass is 9.94. The molecule has 0 aromatic heterocycles. The normalized spacial score (nSPS) is 14.7. The highest BCUT2D eigenvalue weighted by atomic mass is 35.5. The molecule has 4 heteroatoms. The lowest BCUT2D eigenvalue weighted by molar-refractivity contribution is -0.123. The van der Waals surface area contributed by atoms with Gasteiger partial charge in [0.1, 0.15) is 5.78 Å². The smallest absolute Gasteiger partial charge is 0.137 e. The predicted molar refractivity (Wildman–Crippen MR) is 61.3 cm³/mol. The summed E-state index contributed by atoms with van der Waals surface area (Å²) in [4.78, 5) is 11.2. The summed E-state index contributed by atoms with van der Waals surface area (Å²) in [5.74, 6) is -0.570. The number of aliphatic hydroxyl groups excluding tert-OH is 1. The highest BCUT2D eigenvalue weighted by Gasteiger charge is 2.23. The summed E-state index contributed by atoms with van der Waals surface area (Å²) in [7, 11) is 0. The zero-order valence-electron chi connectivity index (χ0n) is 8.28. The first kappa shape index (κ1) is 12.5. The Balaban J connectivity index is 2.87. The SMILES string of the molecule is CC(=O)C(CCl)C(O)c1ccc(Cl)cc1. The maximum absolute atomic E-state index is 11.2. The molecular weight excluding hydrogens is 235 g/mol. The molecule has 0 saturated carbocycles. The topological polar surface area (TPSA) is 37.3 Å². The third kappa shape index (κ3) is 3.20. The van der Waals surface area contributed by atoms with Crippen molar-refractivity contribution in [2.24, 2.45) is 5.92 Å². The van der Waals surface area contributed by atoms with Gasteiger partial charge in [0, 0.05) is 10.9 Å². The summed E-state index contributed by atoms with van der Waals surface area (Å²) in [5, 5.41) is 10.5. The fourth-order valence-electron chi connectivity index (χ4n) is 1.31. The van der Waals surface area contributed by atoms with Crippen LogP contribution >= 0.6 is 23.2 Å². The molecule has 2 atom stereocenters. The molecule has 0 radical (unpaired) electrons. The fourth-order valence-corrected chi connectivity index (χ4v) is 1.82. The van der Waals surface area contributed by atoms with Crippen LogP contribution in [0.4, 0.5) is 0 Å². The minimum absolute atomic E-state index is 0.110. The molecule has 2 unspecified atom stereocenters. The number of halogens is 2. The number of hydrogen-bond donors (Lipinski definition) is 1. The standard InChI is InChI=1S/C11H12Cl2O2/c1-7(14)10(6-12)11(15)8-2-4-9(13)5-3-8/h2-5,10-11,15H,6H2,1H3. The molecule has 0 aliphatic rings. The van der Waals surface area contributed by atoms with E-state index in [1.54, 1.807) is 24.3 Å². The lowest BCUT2D eigenvalue weighted by Crippen LogP contribution is -2.21. The van der Waals surface area contributed by atoms with Crippen LogP contribution in [0.15, 0.2) is 24.3 Å². The van der Waals surface area contributed by atoms with Crippen LogP contribution in [0.1, 0.15) is 18.6 Å². The van der Waals surface area contributed by atoms with Gasteiger partial charge in [-0.05, 0) is 24.6 Å². The molecule has 1 aromatic carbocycles. The predicted octanol–water partition coefficient (Wildman–Crippen LogP) is 2.82. The van der Waals surface area contributed by atoms with E-state index < -0.39 is 12.0 Å². The zero-order chi connectivity index (χ0) is 11.4. The summed E-state index contributed by atoms with van der Waals surface area (Å²) >= 11 is 11.3. The highest BCUT2D eigenvalue weighted by Crippen LogP contribution is 2.25. The van der Waals surface area contributed by atoms with Crippen molar-refractivity contribution in [1.29, 1.82) is 0 Å². The Hall–Kier alpha value is -0.570. The van der Waals surface area contributed by atoms with Gasteiger partial charge in [-0.1, -0.05) is 23.7 Å². The second-order valence-electron chi connectivity index (χ2n) is 3.37. The number of rotatable bonds is 4. The lowest BCUT2D eigenvalue weighted by Gasteiger charge is -2.18. The molecule has 0 aliphatic carbocycles. The van der Waals surface area contributed by atoms with Crippen LogP contribution in [0.2, 0.25) is 5.02 Å². The van der Waals surface area contributed by atoms with Crippen molar-refractivity contribution >= 4 is 29.0 Å². The Bertz CT molecular complexity index is 335. The summed E-state index contributed by atoms with van der Waals surface area (Å²) in [6, 6.07) is 6.72. The number of carbonyl (C=O) groups is 1. The Labute approximate surface area is 98.8 Å². The number of Topliss-reactive ketones (excluding diaryl/α,β-unsaturated/α-hetero) is 1. The molecule has 0 heterocycles. The second-order valence-corrected chi connectivity index (χ2v) is 4.11. The molecule has 0 aliphatic heterocycles. The van der Waals surface area contributed by atoms with Gasteiger partial charge in [-0.2, -0.15) is 0 Å². The van der Waals surface area contributed by atoms with Gasteiger partial charge >= 0.3 is 0 Å². The van der Waals surface area contributed by atoms with Gasteiger partial charge in [-0.3, -0.25) is 4.79 Å². The molecule has 1 N–H and O–H groups in total. The van der Waals surface area contributed by atoms with E-state index in [-0.39, 0.29) is 11.7 Å². The Morgan fingerprint density at radius 1 is 1.40 bits per heavy atom. The van der Waals surface area contributed by atoms with E-state index in [0.717, 1.165) is 0 Å². The van der Waals surface area contributed by atoms with Crippen molar-refractivity contribution in [3.63, 3.8) is 0 Å². The minimum Gasteiger partial charge on any atom is -0.388 e. The van der Waals surface area contributed by atoms with Crippen LogP contribution < -0.4 is 0 Å². The van der Waals surface area contributed by atoms with E-state index in [1.165, 1.54) is 6.92 Å². The van der Waals surface area contributed by atoms with Gasteiger partial charge in [0.05, 0.1) is 12.0 Å². The van der Waals surface area contributed by atoms with Crippen molar-refractivity contribution in [3.8, 4) is 0 Å². The molecule has 1 rings (SSSR count). The van der Waals surface area contributed by atoms with E-state index in [9.17, 15) is 9.90 Å². The van der Waals surface area contributed by atoms with Crippen molar-refractivity contribution < 1.29 is 9.90 Å². The highest BCUT2D eigenvalue weighted by molar-refractivity contribution is 6.30. The molecule has 0 spiro atoms. The van der Waals surface area contributed by atoms with Crippen LogP contribution in [0, 0.1) is 5.92 Å². The van der Waals surface area contributed by atoms with Gasteiger partial charge in [-0.25, -0.2) is 0 Å². The Morgan fingerprint density at radius 3 is 2.33 bits per heavy atom. The molecule has 0 bridgehead atoms. The molecule has 1 aromatic rings. The summed E-state index contributed by atoms with van der Waals surface area (Å²) in [5.41, 5.74) is 0.653. The molecular formula is C11H12Cl2O2. The van der Waals surface area contributed by atoms with E-state index in [4.69, 9.17) is 23.2 Å². The van der Waals surface area contributed by atoms with Crippen molar-refractivity contribution in [1.82, 2.24) is 0 Å². The van der Waals surface area contributed by atoms with Gasteiger partial charge in [-0.15, -0.1) is 11.6 Å². The number of hydrogen-bond acceptors (Lipinski definition) is 2. The maximum atomic E-state index is 11.2. The Kier molecular flexibility index (Phi) is 4.58. The number of ketones is 1. The third-order valence-corrected chi connectivity index (χ3v) is 2.87. The molecule has 0 saturated heterocycles. The third-order valence-electron chi connectivity index (χ3n) is 2.28. The Morgan fingerprint density at radius 2 is 1.93 bits per heavy atom. The first-order chi connectivity index (χ1) is 7.06. The molecule has 15 heavy (non-hydrogen) atoms. The van der Waals surface area contributed by atoms with Gasteiger partial charge in [0.25, 0.3) is 0 Å². The summed E-state index contributed by atoms with van der Waals surface area (Å²) in [6.45, 7) is 1.42. The van der Waals surface area contributed by atoms with E-state index >= 15 is 0 Å².